The van der Waals surface area contributed by atoms with Crippen LogP contribution >= 0.6 is 0 Å². The Morgan fingerprint density at radius 1 is 1.00 bits per heavy atom. The number of nitrogens with zero attached hydrogens (tertiary/aromatic N) is 1. The van der Waals surface area contributed by atoms with E-state index in [-0.39, 0.29) is 17.9 Å². The van der Waals surface area contributed by atoms with Gasteiger partial charge in [0.15, 0.2) is 0 Å². The number of nitriles is 1. The fourth-order valence-electron chi connectivity index (χ4n) is 2.29. The van der Waals surface area contributed by atoms with Crippen LogP contribution < -0.4 is 5.32 Å². The third-order valence-corrected chi connectivity index (χ3v) is 3.74. The molecule has 0 heterocycles. The Bertz CT molecular complexity index is 656. The minimum atomic E-state index is -0.174. The molecular weight excluding hydrogens is 263 g/mol. The lowest BCUT2D eigenvalue weighted by atomic mass is 10.0. The molecule has 108 valence electrons. The summed E-state index contributed by atoms with van der Waals surface area (Å²) < 4.78 is 13.6. The number of rotatable bonds is 4. The van der Waals surface area contributed by atoms with E-state index in [1.807, 2.05) is 37.3 Å². The molecule has 0 bridgehead atoms. The van der Waals surface area contributed by atoms with E-state index in [4.69, 9.17) is 5.26 Å². The summed E-state index contributed by atoms with van der Waals surface area (Å²) in [6.07, 6.45) is 0. The van der Waals surface area contributed by atoms with E-state index in [0.29, 0.717) is 11.1 Å². The van der Waals surface area contributed by atoms with Crippen molar-refractivity contribution in [3.05, 3.63) is 70.5 Å². The summed E-state index contributed by atoms with van der Waals surface area (Å²) in [6, 6.07) is 15.1. The average Bonchev–Trinajstić information content (AvgIpc) is 2.50. The predicted molar refractivity (Wildman–Crippen MR) is 82.3 cm³/mol. The van der Waals surface area contributed by atoms with Crippen molar-refractivity contribution >= 4 is 0 Å². The first-order chi connectivity index (χ1) is 10.0. The smallest absolute Gasteiger partial charge is 0.126 e. The summed E-state index contributed by atoms with van der Waals surface area (Å²) in [5.41, 5.74) is 3.35. The molecule has 0 amide bonds. The molecule has 0 aliphatic heterocycles. The Morgan fingerprint density at radius 2 is 1.57 bits per heavy atom. The van der Waals surface area contributed by atoms with E-state index in [1.54, 1.807) is 19.1 Å². The number of aryl methyl sites for hydroxylation is 1. The third-order valence-electron chi connectivity index (χ3n) is 3.74. The Hall–Kier alpha value is -2.18. The van der Waals surface area contributed by atoms with Gasteiger partial charge in [-0.3, -0.25) is 0 Å². The van der Waals surface area contributed by atoms with E-state index in [0.717, 1.165) is 11.1 Å². The molecule has 21 heavy (non-hydrogen) atoms. The Kier molecular flexibility index (Phi) is 4.72. The Labute approximate surface area is 125 Å². The van der Waals surface area contributed by atoms with Crippen LogP contribution in [0, 0.1) is 24.1 Å². The summed E-state index contributed by atoms with van der Waals surface area (Å²) in [7, 11) is 0. The second kappa shape index (κ2) is 6.51. The Morgan fingerprint density at radius 3 is 2.14 bits per heavy atom. The fraction of sp³-hybridized carbons (Fsp3) is 0.278. The number of hydrogen-bond donors (Lipinski definition) is 1. The van der Waals surface area contributed by atoms with Crippen molar-refractivity contribution in [2.45, 2.75) is 32.9 Å². The zero-order chi connectivity index (χ0) is 15.4. The van der Waals surface area contributed by atoms with Gasteiger partial charge in [0.25, 0.3) is 0 Å². The van der Waals surface area contributed by atoms with Crippen LogP contribution in [-0.2, 0) is 0 Å². The predicted octanol–water partition coefficient (Wildman–Crippen LogP) is 4.42. The van der Waals surface area contributed by atoms with Crippen LogP contribution in [0.3, 0.4) is 0 Å². The molecule has 2 aromatic rings. The van der Waals surface area contributed by atoms with E-state index in [2.05, 4.69) is 18.3 Å². The van der Waals surface area contributed by atoms with Gasteiger partial charge in [0.2, 0.25) is 0 Å². The van der Waals surface area contributed by atoms with Crippen LogP contribution in [-0.4, -0.2) is 0 Å². The molecule has 2 nitrogen and oxygen atoms in total. The molecule has 0 aromatic heterocycles. The van der Waals surface area contributed by atoms with Gasteiger partial charge in [-0.25, -0.2) is 4.39 Å². The van der Waals surface area contributed by atoms with E-state index in [9.17, 15) is 4.39 Å². The SMILES string of the molecule is Cc1ccc(C(C)NC(C)c2ccc(C#N)cc2)cc1F. The van der Waals surface area contributed by atoms with Crippen LogP contribution in [0.25, 0.3) is 0 Å². The molecule has 1 N–H and O–H groups in total. The molecule has 0 aliphatic carbocycles. The second-order valence-electron chi connectivity index (χ2n) is 5.35. The van der Waals surface area contributed by atoms with Gasteiger partial charge in [0.1, 0.15) is 5.82 Å². The molecule has 3 heteroatoms. The largest absolute Gasteiger partial charge is 0.304 e. The summed E-state index contributed by atoms with van der Waals surface area (Å²) in [5.74, 6) is -0.174. The van der Waals surface area contributed by atoms with Gasteiger partial charge in [-0.2, -0.15) is 5.26 Å². The standard InChI is InChI=1S/C18H19FN2/c1-12-4-7-17(10-18(12)19)14(3)21-13(2)16-8-5-15(11-20)6-9-16/h4-10,13-14,21H,1-3H3. The van der Waals surface area contributed by atoms with E-state index >= 15 is 0 Å². The first-order valence-electron chi connectivity index (χ1n) is 7.03. The van der Waals surface area contributed by atoms with Gasteiger partial charge in [-0.15, -0.1) is 0 Å². The van der Waals surface area contributed by atoms with E-state index < -0.39 is 0 Å². The second-order valence-corrected chi connectivity index (χ2v) is 5.35. The molecule has 0 spiro atoms. The summed E-state index contributed by atoms with van der Waals surface area (Å²) >= 11 is 0. The normalized spacial score (nSPS) is 13.5. The van der Waals surface area contributed by atoms with Crippen LogP contribution in [0.2, 0.25) is 0 Å². The van der Waals surface area contributed by atoms with Crippen LogP contribution in [0.4, 0.5) is 4.39 Å². The lowest BCUT2D eigenvalue weighted by Gasteiger charge is -2.21. The first-order valence-corrected chi connectivity index (χ1v) is 7.03. The molecular formula is C18H19FN2. The number of halogens is 1. The molecule has 2 rings (SSSR count). The maximum Gasteiger partial charge on any atom is 0.126 e. The van der Waals surface area contributed by atoms with Gasteiger partial charge in [0.05, 0.1) is 11.6 Å². The molecule has 0 fully saturated rings. The van der Waals surface area contributed by atoms with Crippen molar-refractivity contribution in [1.82, 2.24) is 5.32 Å². The third kappa shape index (κ3) is 3.68. The highest BCUT2D eigenvalue weighted by atomic mass is 19.1. The Balaban J connectivity index is 2.08. The monoisotopic (exact) mass is 282 g/mol. The summed E-state index contributed by atoms with van der Waals surface area (Å²) in [4.78, 5) is 0. The fourth-order valence-corrected chi connectivity index (χ4v) is 2.29. The minimum absolute atomic E-state index is 0.0470. The summed E-state index contributed by atoms with van der Waals surface area (Å²) in [6.45, 7) is 5.84. The molecule has 0 saturated heterocycles. The lowest BCUT2D eigenvalue weighted by Crippen LogP contribution is -2.22. The number of benzene rings is 2. The first kappa shape index (κ1) is 15.2. The molecule has 0 radical (unpaired) electrons. The van der Waals surface area contributed by atoms with Gasteiger partial charge >= 0.3 is 0 Å². The molecule has 0 aliphatic rings. The van der Waals surface area contributed by atoms with Gasteiger partial charge < -0.3 is 5.32 Å². The maximum absolute atomic E-state index is 13.6. The zero-order valence-corrected chi connectivity index (χ0v) is 12.5. The van der Waals surface area contributed by atoms with Crippen molar-refractivity contribution in [1.29, 1.82) is 5.26 Å². The maximum atomic E-state index is 13.6. The van der Waals surface area contributed by atoms with Crippen molar-refractivity contribution in [2.75, 3.05) is 0 Å². The van der Waals surface area contributed by atoms with Crippen LogP contribution in [0.1, 0.15) is 48.2 Å². The summed E-state index contributed by atoms with van der Waals surface area (Å²) in [5, 5.41) is 12.3. The molecule has 0 saturated carbocycles. The van der Waals surface area contributed by atoms with Gasteiger partial charge in [-0.1, -0.05) is 24.3 Å². The van der Waals surface area contributed by atoms with Gasteiger partial charge in [-0.05, 0) is 55.7 Å². The molecule has 2 atom stereocenters. The zero-order valence-electron chi connectivity index (χ0n) is 12.5. The number of hydrogen-bond acceptors (Lipinski definition) is 2. The quantitative estimate of drug-likeness (QED) is 0.901. The minimum Gasteiger partial charge on any atom is -0.304 e. The van der Waals surface area contributed by atoms with Crippen molar-refractivity contribution in [2.24, 2.45) is 0 Å². The van der Waals surface area contributed by atoms with Crippen molar-refractivity contribution in [3.8, 4) is 6.07 Å². The molecule has 2 unspecified atom stereocenters. The topological polar surface area (TPSA) is 35.8 Å². The lowest BCUT2D eigenvalue weighted by molar-refractivity contribution is 0.491. The van der Waals surface area contributed by atoms with Crippen molar-refractivity contribution in [3.63, 3.8) is 0 Å². The van der Waals surface area contributed by atoms with Crippen LogP contribution in [0.15, 0.2) is 42.5 Å². The highest BCUT2D eigenvalue weighted by Crippen LogP contribution is 2.21. The van der Waals surface area contributed by atoms with Crippen LogP contribution in [0.5, 0.6) is 0 Å². The number of nitrogens with one attached hydrogen (secondary N) is 1. The average molecular weight is 282 g/mol. The van der Waals surface area contributed by atoms with Gasteiger partial charge in [0, 0.05) is 12.1 Å². The van der Waals surface area contributed by atoms with Crippen molar-refractivity contribution < 1.29 is 4.39 Å². The highest BCUT2D eigenvalue weighted by Gasteiger charge is 2.12. The molecule has 2 aromatic carbocycles. The highest BCUT2D eigenvalue weighted by molar-refractivity contribution is 5.33. The van der Waals surface area contributed by atoms with E-state index in [1.165, 1.54) is 0 Å².